The van der Waals surface area contributed by atoms with E-state index in [1.807, 2.05) is 0 Å². The van der Waals surface area contributed by atoms with Gasteiger partial charge in [-0.15, -0.1) is 0 Å². The van der Waals surface area contributed by atoms with Gasteiger partial charge in [0, 0.05) is 33.6 Å². The van der Waals surface area contributed by atoms with E-state index in [0.29, 0.717) is 5.56 Å². The summed E-state index contributed by atoms with van der Waals surface area (Å²) in [7, 11) is -1.38. The van der Waals surface area contributed by atoms with Crippen LogP contribution in [0, 0.1) is 0 Å². The van der Waals surface area contributed by atoms with Gasteiger partial charge in [-0.05, 0) is 6.07 Å². The zero-order valence-corrected chi connectivity index (χ0v) is 11.8. The van der Waals surface area contributed by atoms with Gasteiger partial charge in [-0.25, -0.2) is 0 Å². The number of carbonyl (C=O) groups excluding carboxylic acids is 2. The molecular formula is C15H10O5S. The third kappa shape index (κ3) is 2.13. The fourth-order valence-corrected chi connectivity index (χ4v) is 2.65. The second-order valence-corrected chi connectivity index (χ2v) is 5.79. The summed E-state index contributed by atoms with van der Waals surface area (Å²) in [6, 6.07) is 7.76. The highest BCUT2D eigenvalue weighted by molar-refractivity contribution is 7.87. The number of ketones is 2. The van der Waals surface area contributed by atoms with Crippen molar-refractivity contribution in [3.63, 3.8) is 0 Å². The molecule has 2 aromatic rings. The fraction of sp³-hybridized carbons (Fsp3) is 0.0667. The molecule has 0 bridgehead atoms. The Morgan fingerprint density at radius 1 is 1.14 bits per heavy atom. The van der Waals surface area contributed by atoms with E-state index >= 15 is 0 Å². The van der Waals surface area contributed by atoms with Crippen molar-refractivity contribution in [2.24, 2.45) is 0 Å². The Morgan fingerprint density at radius 2 is 1.76 bits per heavy atom. The molecule has 0 fully saturated rings. The molecule has 0 aliphatic heterocycles. The average molecular weight is 302 g/mol. The van der Waals surface area contributed by atoms with E-state index in [1.54, 1.807) is 24.3 Å². The second-order valence-electron chi connectivity index (χ2n) is 4.56. The van der Waals surface area contributed by atoms with Gasteiger partial charge in [0.2, 0.25) is 5.78 Å². The highest BCUT2D eigenvalue weighted by Crippen LogP contribution is 2.31. The highest BCUT2D eigenvalue weighted by atomic mass is 32.2. The quantitative estimate of drug-likeness (QED) is 0.734. The fourth-order valence-electron chi connectivity index (χ4n) is 2.22. The smallest absolute Gasteiger partial charge is 0.229 e. The van der Waals surface area contributed by atoms with E-state index in [4.69, 9.17) is 4.42 Å². The normalized spacial score (nSPS) is 15.6. The molecule has 6 heteroatoms. The molecule has 1 aliphatic rings. The molecule has 1 aromatic carbocycles. The maximum absolute atomic E-state index is 12.3. The first-order chi connectivity index (χ1) is 9.99. The van der Waals surface area contributed by atoms with Gasteiger partial charge in [0.05, 0.1) is 5.56 Å². The lowest BCUT2D eigenvalue weighted by molar-refractivity contribution is 0.0960. The van der Waals surface area contributed by atoms with Gasteiger partial charge in [-0.1, -0.05) is 24.3 Å². The van der Waals surface area contributed by atoms with Crippen LogP contribution in [0.1, 0.15) is 37.8 Å². The number of rotatable bonds is 2. The van der Waals surface area contributed by atoms with E-state index in [2.05, 4.69) is 0 Å². The minimum atomic E-state index is -1.38. The Kier molecular flexibility index (Phi) is 3.10. The van der Waals surface area contributed by atoms with Crippen molar-refractivity contribution in [2.75, 3.05) is 6.26 Å². The molecule has 1 atom stereocenters. The lowest BCUT2D eigenvalue weighted by Crippen LogP contribution is -2.18. The summed E-state index contributed by atoms with van der Waals surface area (Å²) in [6.07, 6.45) is 1.38. The molecule has 0 radical (unpaired) electrons. The third-order valence-electron chi connectivity index (χ3n) is 3.13. The molecule has 0 amide bonds. The van der Waals surface area contributed by atoms with Crippen LogP contribution in [0.25, 0.3) is 5.76 Å². The highest BCUT2D eigenvalue weighted by Gasteiger charge is 2.33. The van der Waals surface area contributed by atoms with Crippen molar-refractivity contribution in [1.82, 2.24) is 0 Å². The van der Waals surface area contributed by atoms with Crippen molar-refractivity contribution >= 4 is 28.1 Å². The van der Waals surface area contributed by atoms with Gasteiger partial charge in [-0.3, -0.25) is 13.8 Å². The summed E-state index contributed by atoms with van der Waals surface area (Å²) in [4.78, 5) is 24.6. The molecule has 1 N–H and O–H groups in total. The van der Waals surface area contributed by atoms with Gasteiger partial charge in [-0.2, -0.15) is 0 Å². The van der Waals surface area contributed by atoms with E-state index in [-0.39, 0.29) is 34.2 Å². The number of aliphatic hydroxyl groups is 1. The largest absolute Gasteiger partial charge is 0.504 e. The van der Waals surface area contributed by atoms with Crippen LogP contribution in [-0.2, 0) is 10.8 Å². The molecule has 1 aromatic heterocycles. The summed E-state index contributed by atoms with van der Waals surface area (Å²) in [5.41, 5.74) is 0.693. The van der Waals surface area contributed by atoms with E-state index < -0.39 is 16.6 Å². The van der Waals surface area contributed by atoms with Crippen LogP contribution >= 0.6 is 0 Å². The first-order valence-electron chi connectivity index (χ1n) is 6.04. The van der Waals surface area contributed by atoms with Gasteiger partial charge in [0.1, 0.15) is 0 Å². The predicted octanol–water partition coefficient (Wildman–Crippen LogP) is 2.29. The molecule has 3 rings (SSSR count). The summed E-state index contributed by atoms with van der Waals surface area (Å²) in [5.74, 6) is -1.26. The van der Waals surface area contributed by atoms with Gasteiger partial charge in [0.15, 0.2) is 23.1 Å². The summed E-state index contributed by atoms with van der Waals surface area (Å²) < 4.78 is 16.4. The van der Waals surface area contributed by atoms with Crippen LogP contribution in [0.3, 0.4) is 0 Å². The Bertz CT molecular complexity index is 776. The van der Waals surface area contributed by atoms with Crippen LogP contribution in [0.15, 0.2) is 40.2 Å². The maximum Gasteiger partial charge on any atom is 0.229 e. The number of aliphatic hydroxyl groups excluding tert-OH is 1. The third-order valence-corrected chi connectivity index (χ3v) is 3.68. The molecule has 0 spiro atoms. The SMILES string of the molecule is CS(=O)/C=C(\O)c1cc2c(o1)C(=O)c1ccccc1C2=O. The summed E-state index contributed by atoms with van der Waals surface area (Å²) in [6.45, 7) is 0. The van der Waals surface area contributed by atoms with E-state index in [0.717, 1.165) is 5.41 Å². The van der Waals surface area contributed by atoms with E-state index in [9.17, 15) is 18.9 Å². The molecule has 0 saturated heterocycles. The first-order valence-corrected chi connectivity index (χ1v) is 7.67. The van der Waals surface area contributed by atoms with Crippen LogP contribution in [0.5, 0.6) is 0 Å². The Labute approximate surface area is 122 Å². The van der Waals surface area contributed by atoms with Crippen molar-refractivity contribution in [3.05, 3.63) is 64.0 Å². The first kappa shape index (κ1) is 13.5. The minimum absolute atomic E-state index is 0.0512. The zero-order valence-electron chi connectivity index (χ0n) is 11.0. The molecule has 1 aliphatic carbocycles. The molecule has 1 heterocycles. The molecule has 5 nitrogen and oxygen atoms in total. The maximum atomic E-state index is 12.3. The van der Waals surface area contributed by atoms with Crippen molar-refractivity contribution in [1.29, 1.82) is 0 Å². The lowest BCUT2D eigenvalue weighted by atomic mass is 9.89. The number of hydrogen-bond acceptors (Lipinski definition) is 5. The van der Waals surface area contributed by atoms with Crippen LogP contribution in [0.2, 0.25) is 0 Å². The lowest BCUT2D eigenvalue weighted by Gasteiger charge is -2.11. The van der Waals surface area contributed by atoms with Gasteiger partial charge >= 0.3 is 0 Å². The number of benzene rings is 1. The van der Waals surface area contributed by atoms with Crippen LogP contribution in [0.4, 0.5) is 0 Å². The van der Waals surface area contributed by atoms with Crippen molar-refractivity contribution < 1.29 is 23.3 Å². The molecular weight excluding hydrogens is 292 g/mol. The summed E-state index contributed by atoms with van der Waals surface area (Å²) >= 11 is 0. The van der Waals surface area contributed by atoms with Crippen molar-refractivity contribution in [3.8, 4) is 0 Å². The predicted molar refractivity (Wildman–Crippen MR) is 76.7 cm³/mol. The Balaban J connectivity index is 2.16. The molecule has 106 valence electrons. The zero-order chi connectivity index (χ0) is 15.1. The van der Waals surface area contributed by atoms with Crippen LogP contribution in [-0.4, -0.2) is 27.1 Å². The Morgan fingerprint density at radius 3 is 2.38 bits per heavy atom. The van der Waals surface area contributed by atoms with Crippen LogP contribution < -0.4 is 0 Å². The standard InChI is InChI=1S/C15H10O5S/c1-21(19)7-11(16)12-6-10-13(17)8-4-2-3-5-9(8)14(18)15(10)20-12/h2-7,16H,1H3/b11-7-. The second kappa shape index (κ2) is 4.82. The average Bonchev–Trinajstić information content (AvgIpc) is 2.90. The van der Waals surface area contributed by atoms with Crippen molar-refractivity contribution in [2.45, 2.75) is 0 Å². The monoisotopic (exact) mass is 302 g/mol. The number of fused-ring (bicyclic) bond motifs is 2. The minimum Gasteiger partial charge on any atom is -0.504 e. The van der Waals surface area contributed by atoms with E-state index in [1.165, 1.54) is 12.3 Å². The number of furan rings is 1. The number of hydrogen-bond donors (Lipinski definition) is 1. The summed E-state index contributed by atoms with van der Waals surface area (Å²) in [5, 5.41) is 10.9. The van der Waals surface area contributed by atoms with Gasteiger partial charge < -0.3 is 9.52 Å². The van der Waals surface area contributed by atoms with Gasteiger partial charge in [0.25, 0.3) is 0 Å². The molecule has 1 unspecified atom stereocenters. The molecule has 0 saturated carbocycles. The number of carbonyl (C=O) groups is 2. The topological polar surface area (TPSA) is 84.6 Å². The molecule has 21 heavy (non-hydrogen) atoms. The Hall–Kier alpha value is -2.47.